The first kappa shape index (κ1) is 44.4. The molecule has 0 N–H and O–H groups in total. The van der Waals surface area contributed by atoms with E-state index in [1.807, 2.05) is 0 Å². The molecule has 2 aromatic rings. The highest BCUT2D eigenvalue weighted by atomic mass is 16.5. The van der Waals surface area contributed by atoms with Gasteiger partial charge >= 0.3 is 0 Å². The monoisotopic (exact) mass is 693 g/mol. The van der Waals surface area contributed by atoms with E-state index >= 15 is 0 Å². The molecule has 0 bridgehead atoms. The molecular formula is C46H80N2O2. The zero-order valence-corrected chi connectivity index (χ0v) is 33.5. The predicted octanol–water partition coefficient (Wildman–Crippen LogP) is 12.9. The largest absolute Gasteiger partial charge is 0.375 e. The number of unbranched alkanes of at least 4 members (excludes halogenated alkanes) is 16. The highest BCUT2D eigenvalue weighted by molar-refractivity contribution is 5.64. The van der Waals surface area contributed by atoms with Gasteiger partial charge in [-0.2, -0.15) is 0 Å². The smallest absolute Gasteiger partial charge is 0.0717 e. The predicted molar refractivity (Wildman–Crippen MR) is 219 cm³/mol. The van der Waals surface area contributed by atoms with Crippen LogP contribution in [-0.2, 0) is 22.7 Å². The number of rotatable bonds is 35. The molecule has 2 rings (SSSR count). The standard InChI is InChI=1S/C46H80N2O2/c1-5-9-13-17-21-31-47(32-22-18-14-10-6-2)35-37-49-41-43-27-25-29-45(39-43)46-30-26-28-44(40-46)42-50-38-36-48(33-23-19-15-11-7-3)34-24-20-16-12-8-4/h25-30,39-40H,5-24,31-38,41-42H2,1-4H3. The van der Waals surface area contributed by atoms with Crippen LogP contribution in [0.25, 0.3) is 11.1 Å². The van der Waals surface area contributed by atoms with Gasteiger partial charge in [-0.1, -0.05) is 167 Å². The Morgan fingerprint density at radius 1 is 0.380 bits per heavy atom. The van der Waals surface area contributed by atoms with E-state index in [-0.39, 0.29) is 0 Å². The second kappa shape index (κ2) is 32.0. The molecule has 2 aromatic carbocycles. The Hall–Kier alpha value is -1.72. The maximum Gasteiger partial charge on any atom is 0.0717 e. The van der Waals surface area contributed by atoms with Crippen molar-refractivity contribution in [2.75, 3.05) is 52.5 Å². The van der Waals surface area contributed by atoms with Crippen LogP contribution in [0.4, 0.5) is 0 Å². The Bertz CT molecular complexity index is 917. The van der Waals surface area contributed by atoms with E-state index in [4.69, 9.17) is 9.47 Å². The van der Waals surface area contributed by atoms with Crippen molar-refractivity contribution in [2.24, 2.45) is 0 Å². The Labute approximate surface area is 311 Å². The molecule has 0 heterocycles. The van der Waals surface area contributed by atoms with Crippen LogP contribution in [0.2, 0.25) is 0 Å². The molecule has 0 amide bonds. The quantitative estimate of drug-likeness (QED) is 0.0671. The van der Waals surface area contributed by atoms with Gasteiger partial charge in [0.15, 0.2) is 0 Å². The molecule has 0 unspecified atom stereocenters. The minimum absolute atomic E-state index is 0.672. The molecular weight excluding hydrogens is 613 g/mol. The summed E-state index contributed by atoms with van der Waals surface area (Å²) >= 11 is 0. The van der Waals surface area contributed by atoms with Crippen LogP contribution >= 0.6 is 0 Å². The lowest BCUT2D eigenvalue weighted by molar-refractivity contribution is 0.0911. The van der Waals surface area contributed by atoms with Crippen molar-refractivity contribution in [1.29, 1.82) is 0 Å². The Morgan fingerprint density at radius 2 is 0.700 bits per heavy atom. The van der Waals surface area contributed by atoms with E-state index in [0.717, 1.165) is 26.3 Å². The summed E-state index contributed by atoms with van der Waals surface area (Å²) in [6.45, 7) is 19.1. The molecule has 0 fully saturated rings. The summed E-state index contributed by atoms with van der Waals surface area (Å²) in [6, 6.07) is 17.8. The lowest BCUT2D eigenvalue weighted by Gasteiger charge is -2.22. The van der Waals surface area contributed by atoms with Gasteiger partial charge < -0.3 is 19.3 Å². The average Bonchev–Trinajstić information content (AvgIpc) is 3.14. The SMILES string of the molecule is CCCCCCCN(CCCCCCC)CCOCc1cccc(-c2cccc(COCCN(CCCCCCC)CCCCCCC)c2)c1. The molecule has 50 heavy (non-hydrogen) atoms. The highest BCUT2D eigenvalue weighted by Gasteiger charge is 2.08. The van der Waals surface area contributed by atoms with Crippen molar-refractivity contribution in [3.8, 4) is 11.1 Å². The summed E-state index contributed by atoms with van der Waals surface area (Å²) in [5, 5.41) is 0. The molecule has 4 nitrogen and oxygen atoms in total. The lowest BCUT2D eigenvalue weighted by Crippen LogP contribution is -2.30. The van der Waals surface area contributed by atoms with E-state index in [1.54, 1.807) is 0 Å². The van der Waals surface area contributed by atoms with Gasteiger partial charge in [-0.05, 0) is 86.2 Å². The van der Waals surface area contributed by atoms with Crippen LogP contribution in [0, 0.1) is 0 Å². The van der Waals surface area contributed by atoms with Crippen LogP contribution in [0.15, 0.2) is 48.5 Å². The highest BCUT2D eigenvalue weighted by Crippen LogP contribution is 2.23. The van der Waals surface area contributed by atoms with Gasteiger partial charge in [0.2, 0.25) is 0 Å². The van der Waals surface area contributed by atoms with Crippen LogP contribution in [0.3, 0.4) is 0 Å². The number of ether oxygens (including phenoxy) is 2. The van der Waals surface area contributed by atoms with Crippen molar-refractivity contribution in [1.82, 2.24) is 9.80 Å². The van der Waals surface area contributed by atoms with Gasteiger partial charge in [0, 0.05) is 13.1 Å². The Kier molecular flexibility index (Phi) is 28.4. The topological polar surface area (TPSA) is 24.9 Å². The van der Waals surface area contributed by atoms with Crippen LogP contribution in [0.1, 0.15) is 167 Å². The third-order valence-electron chi connectivity index (χ3n) is 10.1. The van der Waals surface area contributed by atoms with Gasteiger partial charge in [-0.3, -0.25) is 0 Å². The van der Waals surface area contributed by atoms with E-state index in [9.17, 15) is 0 Å². The first-order valence-electron chi connectivity index (χ1n) is 21.5. The Balaban J connectivity index is 1.80. The normalized spacial score (nSPS) is 11.7. The van der Waals surface area contributed by atoms with Crippen molar-refractivity contribution in [3.63, 3.8) is 0 Å². The van der Waals surface area contributed by atoms with E-state index < -0.39 is 0 Å². The molecule has 0 spiro atoms. The van der Waals surface area contributed by atoms with Gasteiger partial charge in [-0.25, -0.2) is 0 Å². The zero-order valence-electron chi connectivity index (χ0n) is 33.5. The Morgan fingerprint density at radius 3 is 1.02 bits per heavy atom. The number of nitrogens with zero attached hydrogens (tertiary/aromatic N) is 2. The van der Waals surface area contributed by atoms with Gasteiger partial charge in [0.05, 0.1) is 26.4 Å². The fourth-order valence-corrected chi connectivity index (χ4v) is 6.88. The summed E-state index contributed by atoms with van der Waals surface area (Å²) in [5.74, 6) is 0. The molecule has 0 aliphatic rings. The third-order valence-corrected chi connectivity index (χ3v) is 10.1. The summed E-state index contributed by atoms with van der Waals surface area (Å²) in [7, 11) is 0. The summed E-state index contributed by atoms with van der Waals surface area (Å²) in [5.41, 5.74) is 5.01. The number of hydrogen-bond donors (Lipinski definition) is 0. The maximum atomic E-state index is 6.26. The second-order valence-electron chi connectivity index (χ2n) is 14.8. The number of benzene rings is 2. The summed E-state index contributed by atoms with van der Waals surface area (Å²) < 4.78 is 12.5. The molecule has 0 atom stereocenters. The first-order valence-corrected chi connectivity index (χ1v) is 21.5. The van der Waals surface area contributed by atoms with Crippen LogP contribution in [-0.4, -0.2) is 62.3 Å². The maximum absolute atomic E-state index is 6.26. The first-order chi connectivity index (χ1) is 24.7. The van der Waals surface area contributed by atoms with Crippen LogP contribution < -0.4 is 0 Å². The molecule has 0 saturated carbocycles. The summed E-state index contributed by atoms with van der Waals surface area (Å²) in [6.07, 6.45) is 26.9. The van der Waals surface area contributed by atoms with Crippen molar-refractivity contribution in [3.05, 3.63) is 59.7 Å². The fraction of sp³-hybridized carbons (Fsp3) is 0.739. The van der Waals surface area contributed by atoms with Crippen LogP contribution in [0.5, 0.6) is 0 Å². The fourth-order valence-electron chi connectivity index (χ4n) is 6.88. The molecule has 0 aliphatic carbocycles. The molecule has 0 radical (unpaired) electrons. The lowest BCUT2D eigenvalue weighted by atomic mass is 10.0. The zero-order chi connectivity index (χ0) is 35.7. The van der Waals surface area contributed by atoms with Crippen molar-refractivity contribution >= 4 is 0 Å². The van der Waals surface area contributed by atoms with E-state index in [1.165, 1.54) is 177 Å². The molecule has 0 saturated heterocycles. The second-order valence-corrected chi connectivity index (χ2v) is 14.8. The van der Waals surface area contributed by atoms with Crippen molar-refractivity contribution in [2.45, 2.75) is 169 Å². The third kappa shape index (κ3) is 23.0. The minimum Gasteiger partial charge on any atom is -0.375 e. The average molecular weight is 693 g/mol. The van der Waals surface area contributed by atoms with Crippen molar-refractivity contribution < 1.29 is 9.47 Å². The number of hydrogen-bond acceptors (Lipinski definition) is 4. The minimum atomic E-state index is 0.672. The van der Waals surface area contributed by atoms with E-state index in [2.05, 4.69) is 86.0 Å². The molecule has 286 valence electrons. The van der Waals surface area contributed by atoms with Gasteiger partial charge in [0.1, 0.15) is 0 Å². The van der Waals surface area contributed by atoms with E-state index in [0.29, 0.717) is 13.2 Å². The van der Waals surface area contributed by atoms with Gasteiger partial charge in [-0.15, -0.1) is 0 Å². The molecule has 0 aromatic heterocycles. The summed E-state index contributed by atoms with van der Waals surface area (Å²) in [4.78, 5) is 5.31. The molecule has 4 heteroatoms. The van der Waals surface area contributed by atoms with Gasteiger partial charge in [0.25, 0.3) is 0 Å². The molecule has 0 aliphatic heterocycles.